The van der Waals surface area contributed by atoms with E-state index < -0.39 is 5.41 Å². The molecule has 0 fully saturated rings. The topological polar surface area (TPSA) is 36.2 Å². The van der Waals surface area contributed by atoms with Crippen LogP contribution in [0.15, 0.2) is 248 Å². The summed E-state index contributed by atoms with van der Waals surface area (Å²) >= 11 is 0. The van der Waals surface area contributed by atoms with Crippen molar-refractivity contribution in [1.82, 2.24) is 0 Å². The normalized spacial score (nSPS) is 13.1. The van der Waals surface area contributed by atoms with Gasteiger partial charge in [0.1, 0.15) is 0 Å². The lowest BCUT2D eigenvalue weighted by atomic mass is 9.67. The van der Waals surface area contributed by atoms with Crippen molar-refractivity contribution in [3.8, 4) is 22.3 Å². The van der Waals surface area contributed by atoms with Gasteiger partial charge in [0.15, 0.2) is 5.84 Å². The first-order chi connectivity index (χ1) is 32.1. The summed E-state index contributed by atoms with van der Waals surface area (Å²) in [6, 6.07) is 84.9. The van der Waals surface area contributed by atoms with Crippen LogP contribution in [0.5, 0.6) is 0 Å². The van der Waals surface area contributed by atoms with Crippen molar-refractivity contribution in [1.29, 1.82) is 5.41 Å². The van der Waals surface area contributed by atoms with Crippen molar-refractivity contribution in [2.45, 2.75) is 5.41 Å². The highest BCUT2D eigenvalue weighted by Gasteiger charge is 2.46. The molecule has 65 heavy (non-hydrogen) atoms. The Morgan fingerprint density at radius 3 is 1.80 bits per heavy atom. The van der Waals surface area contributed by atoms with Gasteiger partial charge in [-0.2, -0.15) is 0 Å². The SMILES string of the molecule is N=C(N=C(/C=C/c1ccc2cc(-c3c4ccccc4cc4c3ccc3ccccc34)ccc2c1)c1ccc2c(c1)-c1ccccc1C2(c1ccccc1)c1ccccc1)c1ccccc1. The Kier molecular flexibility index (Phi) is 9.24. The fourth-order valence-corrected chi connectivity index (χ4v) is 10.4. The minimum Gasteiger partial charge on any atom is -0.282 e. The fourth-order valence-electron chi connectivity index (χ4n) is 10.4. The maximum Gasteiger partial charge on any atom is 0.152 e. The molecule has 0 aliphatic heterocycles. The van der Waals surface area contributed by atoms with E-state index in [9.17, 15) is 0 Å². The first kappa shape index (κ1) is 38.2. The summed E-state index contributed by atoms with van der Waals surface area (Å²) in [6.45, 7) is 0. The van der Waals surface area contributed by atoms with E-state index in [1.54, 1.807) is 0 Å². The summed E-state index contributed by atoms with van der Waals surface area (Å²) in [5, 5.41) is 19.1. The molecule has 1 aliphatic carbocycles. The number of hydrogen-bond donors (Lipinski definition) is 1. The zero-order valence-corrected chi connectivity index (χ0v) is 35.6. The zero-order valence-electron chi connectivity index (χ0n) is 35.6. The molecule has 0 bridgehead atoms. The van der Waals surface area contributed by atoms with E-state index in [-0.39, 0.29) is 5.84 Å². The van der Waals surface area contributed by atoms with Crippen molar-refractivity contribution in [2.75, 3.05) is 0 Å². The van der Waals surface area contributed by atoms with E-state index in [0.717, 1.165) is 27.8 Å². The molecule has 304 valence electrons. The fraction of sp³-hybridized carbons (Fsp3) is 0.0159. The van der Waals surface area contributed by atoms with Crippen molar-refractivity contribution >= 4 is 60.7 Å². The number of rotatable bonds is 7. The predicted octanol–water partition coefficient (Wildman–Crippen LogP) is 15.9. The number of nitrogens with one attached hydrogen (secondary N) is 1. The van der Waals surface area contributed by atoms with Gasteiger partial charge >= 0.3 is 0 Å². The van der Waals surface area contributed by atoms with Gasteiger partial charge in [-0.05, 0) is 124 Å². The molecule has 1 N–H and O–H groups in total. The Morgan fingerprint density at radius 2 is 1.02 bits per heavy atom. The van der Waals surface area contributed by atoms with E-state index >= 15 is 0 Å². The minimum absolute atomic E-state index is 0.217. The molecule has 2 heteroatoms. The molecule has 1 aliphatic rings. The van der Waals surface area contributed by atoms with Gasteiger partial charge in [0.05, 0.1) is 11.1 Å². The van der Waals surface area contributed by atoms with Crippen LogP contribution >= 0.6 is 0 Å². The molecule has 0 aromatic heterocycles. The van der Waals surface area contributed by atoms with Crippen LogP contribution in [-0.4, -0.2) is 11.5 Å². The van der Waals surface area contributed by atoms with Crippen LogP contribution in [-0.2, 0) is 5.41 Å². The number of hydrogen-bond acceptors (Lipinski definition) is 1. The van der Waals surface area contributed by atoms with Gasteiger partial charge in [0.25, 0.3) is 0 Å². The molecule has 0 saturated carbocycles. The minimum atomic E-state index is -0.489. The summed E-state index contributed by atoms with van der Waals surface area (Å²) in [6.07, 6.45) is 4.21. The van der Waals surface area contributed by atoms with Crippen LogP contribution in [0, 0.1) is 5.41 Å². The maximum atomic E-state index is 9.17. The lowest BCUT2D eigenvalue weighted by Gasteiger charge is -2.33. The van der Waals surface area contributed by atoms with Gasteiger partial charge in [0, 0.05) is 11.1 Å². The van der Waals surface area contributed by atoms with Gasteiger partial charge in [-0.15, -0.1) is 0 Å². The molecule has 0 radical (unpaired) electrons. The highest BCUT2D eigenvalue weighted by atomic mass is 14.8. The Hall–Kier alpha value is -8.46. The first-order valence-corrected chi connectivity index (χ1v) is 22.3. The van der Waals surface area contributed by atoms with Gasteiger partial charge < -0.3 is 0 Å². The second kappa shape index (κ2) is 15.7. The Labute approximate surface area is 378 Å². The number of amidine groups is 1. The monoisotopic (exact) mass is 826 g/mol. The van der Waals surface area contributed by atoms with E-state index in [1.165, 1.54) is 82.2 Å². The molecule has 11 aromatic carbocycles. The quantitative estimate of drug-likeness (QED) is 0.0719. The molecule has 2 nitrogen and oxygen atoms in total. The highest BCUT2D eigenvalue weighted by Crippen LogP contribution is 2.56. The van der Waals surface area contributed by atoms with E-state index in [4.69, 9.17) is 10.4 Å². The number of allylic oxidation sites excluding steroid dienone is 1. The molecule has 12 rings (SSSR count). The van der Waals surface area contributed by atoms with Crippen LogP contribution in [0.25, 0.3) is 71.4 Å². The standard InChI is InChI=1S/C63H42N2/c64-62(44-17-4-1-5-18-44)65-60(48-34-36-59-57(41-48)54-26-14-15-27-58(54)63(59,50-20-6-2-7-21-50)51-22-8-3-9-23-51)37-29-42-28-30-46-39-49(32-31-45(46)38-42)61-53-25-13-11-19-47(53)40-56-52-24-12-10-16-43(52)33-35-55(56)61/h1-41,64H/b37-29+,64-62?,65-60?. The summed E-state index contributed by atoms with van der Waals surface area (Å²) < 4.78 is 0. The molecule has 0 spiro atoms. The highest BCUT2D eigenvalue weighted by molar-refractivity contribution is 6.21. The van der Waals surface area contributed by atoms with Gasteiger partial charge in [-0.1, -0.05) is 218 Å². The second-order valence-corrected chi connectivity index (χ2v) is 17.0. The number of benzene rings is 11. The molecule has 0 saturated heterocycles. The third kappa shape index (κ3) is 6.41. The molecule has 0 amide bonds. The lowest BCUT2D eigenvalue weighted by molar-refractivity contribution is 0.768. The van der Waals surface area contributed by atoms with Gasteiger partial charge in [-0.25, -0.2) is 4.99 Å². The molecular formula is C63H42N2. The third-order valence-corrected chi connectivity index (χ3v) is 13.4. The summed E-state index contributed by atoms with van der Waals surface area (Å²) in [4.78, 5) is 5.06. The van der Waals surface area contributed by atoms with Crippen molar-refractivity contribution in [3.63, 3.8) is 0 Å². The molecule has 11 aromatic rings. The molecular weight excluding hydrogens is 785 g/mol. The Bertz CT molecular complexity index is 3670. The van der Waals surface area contributed by atoms with Gasteiger partial charge in [0.2, 0.25) is 0 Å². The number of fused-ring (bicyclic) bond motifs is 8. The Balaban J connectivity index is 0.961. The molecule has 0 atom stereocenters. The first-order valence-electron chi connectivity index (χ1n) is 22.3. The average molecular weight is 827 g/mol. The van der Waals surface area contributed by atoms with Gasteiger partial charge in [-0.3, -0.25) is 5.41 Å². The van der Waals surface area contributed by atoms with Crippen LogP contribution in [0.4, 0.5) is 0 Å². The van der Waals surface area contributed by atoms with E-state index in [2.05, 4.69) is 218 Å². The van der Waals surface area contributed by atoms with Crippen LogP contribution < -0.4 is 0 Å². The summed E-state index contributed by atoms with van der Waals surface area (Å²) in [5.74, 6) is 0.217. The molecule has 0 unspecified atom stereocenters. The zero-order chi connectivity index (χ0) is 43.3. The van der Waals surface area contributed by atoms with Crippen LogP contribution in [0.1, 0.15) is 38.9 Å². The van der Waals surface area contributed by atoms with E-state index in [0.29, 0.717) is 0 Å². The van der Waals surface area contributed by atoms with E-state index in [1.807, 2.05) is 30.3 Å². The van der Waals surface area contributed by atoms with Crippen LogP contribution in [0.3, 0.4) is 0 Å². The lowest BCUT2D eigenvalue weighted by Crippen LogP contribution is -2.28. The smallest absolute Gasteiger partial charge is 0.152 e. The second-order valence-electron chi connectivity index (χ2n) is 17.0. The average Bonchev–Trinajstić information content (AvgIpc) is 3.67. The maximum absolute atomic E-state index is 9.17. The molecule has 0 heterocycles. The predicted molar refractivity (Wildman–Crippen MR) is 274 cm³/mol. The number of nitrogens with zero attached hydrogens (tertiary/aromatic N) is 1. The van der Waals surface area contributed by atoms with Crippen molar-refractivity contribution in [3.05, 3.63) is 282 Å². The summed E-state index contributed by atoms with van der Waals surface area (Å²) in [5.41, 5.74) is 12.8. The third-order valence-electron chi connectivity index (χ3n) is 13.4. The number of aliphatic imine (C=N–C) groups is 1. The van der Waals surface area contributed by atoms with Crippen LogP contribution in [0.2, 0.25) is 0 Å². The van der Waals surface area contributed by atoms with Crippen molar-refractivity contribution in [2.24, 2.45) is 4.99 Å². The summed E-state index contributed by atoms with van der Waals surface area (Å²) in [7, 11) is 0. The Morgan fingerprint density at radius 1 is 0.400 bits per heavy atom. The largest absolute Gasteiger partial charge is 0.282 e. The van der Waals surface area contributed by atoms with Crippen molar-refractivity contribution < 1.29 is 0 Å².